The van der Waals surface area contributed by atoms with Gasteiger partial charge in [-0.25, -0.2) is 4.79 Å². The first-order chi connectivity index (χ1) is 15.7. The summed E-state index contributed by atoms with van der Waals surface area (Å²) in [5.74, 6) is 1.51. The molecule has 7 heteroatoms. The molecule has 6 atom stereocenters. The fraction of sp³-hybridized carbons (Fsp3) is 0.615. The van der Waals surface area contributed by atoms with Crippen molar-refractivity contribution >= 4 is 17.6 Å². The standard InChI is InChI=1S/C26H32N2O5/c1-25-13-11-19(33-24(30)16-3-6-18(7-4-16)28(31)32)15-17(25)5-8-20-21(25)12-14-26(2)22(20)9-10-23(29)27-26/h3-7,19-22H,8-15H2,1-2H3,(H,27,29)/t19-,20?,21?,22?,25-,26-/m0/s1. The predicted octanol–water partition coefficient (Wildman–Crippen LogP) is 4.95. The van der Waals surface area contributed by atoms with Crippen LogP contribution in [0.3, 0.4) is 0 Å². The molecule has 2 saturated carbocycles. The highest BCUT2D eigenvalue weighted by Crippen LogP contribution is 2.60. The van der Waals surface area contributed by atoms with Crippen LogP contribution < -0.4 is 5.32 Å². The first kappa shape index (κ1) is 22.1. The van der Waals surface area contributed by atoms with E-state index in [0.717, 1.165) is 44.9 Å². The van der Waals surface area contributed by atoms with Crippen molar-refractivity contribution in [2.24, 2.45) is 23.2 Å². The van der Waals surface area contributed by atoms with Crippen LogP contribution in [0.4, 0.5) is 5.69 Å². The molecule has 3 aliphatic carbocycles. The van der Waals surface area contributed by atoms with Crippen molar-refractivity contribution < 1.29 is 19.2 Å². The number of nitro benzene ring substituents is 1. The number of benzene rings is 1. The Morgan fingerprint density at radius 1 is 1.12 bits per heavy atom. The Morgan fingerprint density at radius 2 is 1.88 bits per heavy atom. The molecule has 3 unspecified atom stereocenters. The third-order valence-corrected chi connectivity index (χ3v) is 9.14. The fourth-order valence-electron chi connectivity index (χ4n) is 7.34. The van der Waals surface area contributed by atoms with Crippen LogP contribution in [-0.4, -0.2) is 28.4 Å². The van der Waals surface area contributed by atoms with Gasteiger partial charge in [0, 0.05) is 30.5 Å². The number of carbonyl (C=O) groups is 2. The van der Waals surface area contributed by atoms with Gasteiger partial charge in [-0.15, -0.1) is 0 Å². The Morgan fingerprint density at radius 3 is 2.61 bits per heavy atom. The molecule has 0 radical (unpaired) electrons. The normalized spacial score (nSPS) is 37.5. The Balaban J connectivity index is 1.28. The minimum Gasteiger partial charge on any atom is -0.458 e. The maximum atomic E-state index is 12.6. The lowest BCUT2D eigenvalue weighted by Crippen LogP contribution is -2.62. The summed E-state index contributed by atoms with van der Waals surface area (Å²) in [7, 11) is 0. The van der Waals surface area contributed by atoms with Crippen molar-refractivity contribution in [2.45, 2.75) is 76.9 Å². The van der Waals surface area contributed by atoms with Gasteiger partial charge in [0.15, 0.2) is 0 Å². The van der Waals surface area contributed by atoms with Crippen LogP contribution in [0.1, 0.15) is 75.6 Å². The number of hydrogen-bond donors (Lipinski definition) is 1. The van der Waals surface area contributed by atoms with Gasteiger partial charge in [-0.1, -0.05) is 18.6 Å². The molecule has 1 aromatic rings. The highest BCUT2D eigenvalue weighted by Gasteiger charge is 2.56. The summed E-state index contributed by atoms with van der Waals surface area (Å²) in [4.78, 5) is 35.0. The number of ether oxygens (including phenoxy) is 1. The number of allylic oxidation sites excluding steroid dienone is 1. The van der Waals surface area contributed by atoms with Crippen molar-refractivity contribution in [3.63, 3.8) is 0 Å². The van der Waals surface area contributed by atoms with Crippen molar-refractivity contribution in [2.75, 3.05) is 0 Å². The summed E-state index contributed by atoms with van der Waals surface area (Å²) in [6, 6.07) is 5.59. The van der Waals surface area contributed by atoms with Gasteiger partial charge in [0.25, 0.3) is 5.69 Å². The molecular weight excluding hydrogens is 420 g/mol. The lowest BCUT2D eigenvalue weighted by Gasteiger charge is -2.59. The molecule has 5 rings (SSSR count). The lowest BCUT2D eigenvalue weighted by molar-refractivity contribution is -0.384. The van der Waals surface area contributed by atoms with E-state index in [1.54, 1.807) is 0 Å². The van der Waals surface area contributed by atoms with E-state index in [9.17, 15) is 19.7 Å². The Kier molecular flexibility index (Phi) is 5.33. The molecule has 0 aromatic heterocycles. The average molecular weight is 453 g/mol. The molecule has 0 bridgehead atoms. The largest absolute Gasteiger partial charge is 0.458 e. The van der Waals surface area contributed by atoms with Crippen LogP contribution in [-0.2, 0) is 9.53 Å². The minimum atomic E-state index is -0.477. The number of nitrogens with zero attached hydrogens (tertiary/aromatic N) is 1. The van der Waals surface area contributed by atoms with Crippen LogP contribution in [0, 0.1) is 33.3 Å². The van der Waals surface area contributed by atoms with E-state index in [4.69, 9.17) is 4.74 Å². The Labute approximate surface area is 194 Å². The van der Waals surface area contributed by atoms with Gasteiger partial charge in [0.05, 0.1) is 10.5 Å². The molecule has 1 heterocycles. The molecule has 0 spiro atoms. The van der Waals surface area contributed by atoms with E-state index in [1.165, 1.54) is 29.8 Å². The smallest absolute Gasteiger partial charge is 0.338 e. The number of esters is 1. The van der Waals surface area contributed by atoms with Crippen LogP contribution in [0.5, 0.6) is 0 Å². The zero-order valence-corrected chi connectivity index (χ0v) is 19.3. The number of nitrogens with one attached hydrogen (secondary N) is 1. The number of hydrogen-bond acceptors (Lipinski definition) is 5. The average Bonchev–Trinajstić information content (AvgIpc) is 2.78. The van der Waals surface area contributed by atoms with Crippen LogP contribution in [0.25, 0.3) is 0 Å². The molecule has 1 N–H and O–H groups in total. The van der Waals surface area contributed by atoms with Gasteiger partial charge in [-0.2, -0.15) is 0 Å². The number of nitro groups is 1. The number of rotatable bonds is 3. The second kappa shape index (κ2) is 7.96. The molecule has 1 saturated heterocycles. The molecule has 1 amide bonds. The van der Waals surface area contributed by atoms with Crippen molar-refractivity contribution in [3.05, 3.63) is 51.6 Å². The predicted molar refractivity (Wildman–Crippen MR) is 122 cm³/mol. The zero-order chi connectivity index (χ0) is 23.4. The lowest BCUT2D eigenvalue weighted by atomic mass is 9.48. The van der Waals surface area contributed by atoms with E-state index in [2.05, 4.69) is 25.2 Å². The summed E-state index contributed by atoms with van der Waals surface area (Å²) in [5.41, 5.74) is 1.78. The summed E-state index contributed by atoms with van der Waals surface area (Å²) >= 11 is 0. The van der Waals surface area contributed by atoms with Crippen LogP contribution >= 0.6 is 0 Å². The molecule has 7 nitrogen and oxygen atoms in total. The van der Waals surface area contributed by atoms with Gasteiger partial charge in [-0.3, -0.25) is 14.9 Å². The fourth-order valence-corrected chi connectivity index (χ4v) is 7.34. The number of non-ortho nitro benzene ring substituents is 1. The van der Waals surface area contributed by atoms with Crippen molar-refractivity contribution in [3.8, 4) is 0 Å². The highest BCUT2D eigenvalue weighted by molar-refractivity contribution is 5.89. The van der Waals surface area contributed by atoms with Crippen molar-refractivity contribution in [1.82, 2.24) is 5.32 Å². The van der Waals surface area contributed by atoms with Gasteiger partial charge in [-0.05, 0) is 80.8 Å². The third kappa shape index (κ3) is 3.75. The van der Waals surface area contributed by atoms with Crippen LogP contribution in [0.15, 0.2) is 35.9 Å². The monoisotopic (exact) mass is 452 g/mol. The molecule has 1 aromatic carbocycles. The van der Waals surface area contributed by atoms with E-state index in [-0.39, 0.29) is 28.7 Å². The van der Waals surface area contributed by atoms with Gasteiger partial charge in [0.2, 0.25) is 5.91 Å². The summed E-state index contributed by atoms with van der Waals surface area (Å²) in [6.45, 7) is 4.63. The highest BCUT2D eigenvalue weighted by atomic mass is 16.6. The molecule has 3 fully saturated rings. The molecule has 1 aliphatic heterocycles. The third-order valence-electron chi connectivity index (χ3n) is 9.14. The Hall–Kier alpha value is -2.70. The summed E-state index contributed by atoms with van der Waals surface area (Å²) < 4.78 is 5.82. The number of piperidine rings is 1. The second-order valence-electron chi connectivity index (χ2n) is 10.9. The van der Waals surface area contributed by atoms with Gasteiger partial charge in [0.1, 0.15) is 6.10 Å². The first-order valence-corrected chi connectivity index (χ1v) is 12.2. The maximum absolute atomic E-state index is 12.6. The molecule has 33 heavy (non-hydrogen) atoms. The second-order valence-corrected chi connectivity index (χ2v) is 10.9. The topological polar surface area (TPSA) is 98.5 Å². The van der Waals surface area contributed by atoms with Crippen molar-refractivity contribution in [1.29, 1.82) is 0 Å². The number of carbonyl (C=O) groups excluding carboxylic acids is 2. The SMILES string of the molecule is C[C@]12CC[C@H](OC(=O)c3ccc([N+](=O)[O-])cc3)CC1=CCC1C2CC[C@]2(C)NC(=O)CCC12. The van der Waals surface area contributed by atoms with Gasteiger partial charge < -0.3 is 10.1 Å². The quantitative estimate of drug-likeness (QED) is 0.303. The van der Waals surface area contributed by atoms with Gasteiger partial charge >= 0.3 is 5.97 Å². The first-order valence-electron chi connectivity index (χ1n) is 12.2. The van der Waals surface area contributed by atoms with E-state index in [0.29, 0.717) is 29.7 Å². The molecule has 176 valence electrons. The van der Waals surface area contributed by atoms with E-state index < -0.39 is 10.9 Å². The zero-order valence-electron chi connectivity index (χ0n) is 19.3. The number of fused-ring (bicyclic) bond motifs is 5. The molecule has 4 aliphatic rings. The van der Waals surface area contributed by atoms with E-state index >= 15 is 0 Å². The molecular formula is C26H32N2O5. The number of amides is 1. The summed E-state index contributed by atoms with van der Waals surface area (Å²) in [6.07, 6.45) is 9.64. The van der Waals surface area contributed by atoms with E-state index in [1.807, 2.05) is 0 Å². The summed E-state index contributed by atoms with van der Waals surface area (Å²) in [5, 5.41) is 14.1. The minimum absolute atomic E-state index is 0.0389. The van der Waals surface area contributed by atoms with Crippen LogP contribution in [0.2, 0.25) is 0 Å². The maximum Gasteiger partial charge on any atom is 0.338 e. The Bertz CT molecular complexity index is 1020.